The number of nitrogens with two attached hydrogens (primary N) is 1. The van der Waals surface area contributed by atoms with Gasteiger partial charge >= 0.3 is 0 Å². The smallest absolute Gasteiger partial charge is 0.231 e. The fourth-order valence-electron chi connectivity index (χ4n) is 6.56. The van der Waals surface area contributed by atoms with Gasteiger partial charge in [0.1, 0.15) is 11.2 Å². The average Bonchev–Trinajstić information content (AvgIpc) is 3.49. The Labute approximate surface area is 203 Å². The minimum atomic E-state index is -0.216. The van der Waals surface area contributed by atoms with Crippen LogP contribution in [-0.4, -0.2) is 50.0 Å². The van der Waals surface area contributed by atoms with Gasteiger partial charge in [0.15, 0.2) is 5.65 Å². The maximum atomic E-state index is 11.3. The summed E-state index contributed by atoms with van der Waals surface area (Å²) in [6.07, 6.45) is 7.32. The van der Waals surface area contributed by atoms with Gasteiger partial charge in [-0.05, 0) is 79.7 Å². The van der Waals surface area contributed by atoms with Crippen LogP contribution < -0.4 is 5.73 Å². The predicted octanol–water partition coefficient (Wildman–Crippen LogP) is 4.73. The summed E-state index contributed by atoms with van der Waals surface area (Å²) in [5, 5.41) is 5.78. The molecule has 4 aromatic heterocycles. The number of thiophene rings is 1. The first-order chi connectivity index (χ1) is 16.2. The second-order valence-corrected chi connectivity index (χ2v) is 11.9. The van der Waals surface area contributed by atoms with E-state index < -0.39 is 0 Å². The van der Waals surface area contributed by atoms with Crippen molar-refractivity contribution < 1.29 is 4.79 Å². The molecule has 2 fully saturated rings. The minimum absolute atomic E-state index is 0.216. The number of nitrogens with one attached hydrogen (secondary N) is 1. The first-order valence-electron chi connectivity index (χ1n) is 12.2. The van der Waals surface area contributed by atoms with Crippen molar-refractivity contribution >= 4 is 33.1 Å². The van der Waals surface area contributed by atoms with Gasteiger partial charge in [-0.3, -0.25) is 9.69 Å². The predicted molar refractivity (Wildman–Crippen MR) is 136 cm³/mol. The van der Waals surface area contributed by atoms with E-state index in [-0.39, 0.29) is 5.91 Å². The molecular formula is C26H32N6OS. The number of primary amides is 1. The Balaban J connectivity index is 1.33. The van der Waals surface area contributed by atoms with E-state index in [4.69, 9.17) is 5.73 Å². The highest BCUT2D eigenvalue weighted by atomic mass is 32.1. The average molecular weight is 477 g/mol. The molecule has 8 heteroatoms. The Morgan fingerprint density at radius 3 is 2.88 bits per heavy atom. The zero-order valence-corrected chi connectivity index (χ0v) is 21.1. The molecule has 5 heterocycles. The van der Waals surface area contributed by atoms with Crippen LogP contribution in [0.5, 0.6) is 0 Å². The number of hydrogen-bond acceptors (Lipinski definition) is 5. The summed E-state index contributed by atoms with van der Waals surface area (Å²) in [5.41, 5.74) is 13.0. The van der Waals surface area contributed by atoms with E-state index in [2.05, 4.69) is 59.9 Å². The second kappa shape index (κ2) is 7.65. The molecule has 34 heavy (non-hydrogen) atoms. The molecule has 2 aliphatic rings. The van der Waals surface area contributed by atoms with Crippen molar-refractivity contribution in [3.05, 3.63) is 40.2 Å². The number of carbonyl (C=O) groups excluding carboxylic acids is 1. The number of aromatic nitrogens is 4. The van der Waals surface area contributed by atoms with E-state index in [0.717, 1.165) is 29.9 Å². The number of carbonyl (C=O) groups is 1. The summed E-state index contributed by atoms with van der Waals surface area (Å²) in [7, 11) is 0. The maximum absolute atomic E-state index is 11.3. The van der Waals surface area contributed by atoms with E-state index in [9.17, 15) is 4.79 Å². The highest BCUT2D eigenvalue weighted by Crippen LogP contribution is 2.58. The molecular weight excluding hydrogens is 444 g/mol. The number of H-pyrrole nitrogens is 1. The Morgan fingerprint density at radius 2 is 2.15 bits per heavy atom. The number of likely N-dealkylation sites (tertiary alicyclic amines) is 1. The minimum Gasteiger partial charge on any atom is -0.369 e. The maximum Gasteiger partial charge on any atom is 0.231 e. The van der Waals surface area contributed by atoms with Crippen LogP contribution >= 0.6 is 11.3 Å². The molecule has 4 aromatic rings. The Morgan fingerprint density at radius 1 is 1.35 bits per heavy atom. The van der Waals surface area contributed by atoms with Crippen LogP contribution in [0.15, 0.2) is 18.6 Å². The quantitative estimate of drug-likeness (QED) is 0.435. The number of aromatic amines is 1. The van der Waals surface area contributed by atoms with Crippen molar-refractivity contribution in [3.8, 4) is 11.3 Å². The molecule has 0 bridgehead atoms. The van der Waals surface area contributed by atoms with Crippen LogP contribution in [0.3, 0.4) is 0 Å². The van der Waals surface area contributed by atoms with Gasteiger partial charge in [0.25, 0.3) is 0 Å². The Bertz CT molecular complexity index is 1420. The van der Waals surface area contributed by atoms with Gasteiger partial charge in [0.05, 0.1) is 12.2 Å². The van der Waals surface area contributed by atoms with Crippen LogP contribution in [0.2, 0.25) is 0 Å². The number of fused-ring (bicyclic) bond motifs is 2. The SMILES string of the molecule is Cc1c(C2CC3(CCN(CC(N)=O)C3)C2)sc2[nH]c(-c3cc(C)c4ncnn4c3)c(C(C)C)c12. The summed E-state index contributed by atoms with van der Waals surface area (Å²) >= 11 is 1.94. The van der Waals surface area contributed by atoms with Crippen molar-refractivity contribution in [2.75, 3.05) is 19.6 Å². The molecule has 7 nitrogen and oxygen atoms in total. The molecule has 1 saturated heterocycles. The lowest BCUT2D eigenvalue weighted by atomic mass is 9.60. The Kier molecular flexibility index (Phi) is 4.90. The molecule has 0 atom stereocenters. The van der Waals surface area contributed by atoms with E-state index in [1.54, 1.807) is 6.33 Å². The van der Waals surface area contributed by atoms with Crippen LogP contribution in [0.4, 0.5) is 0 Å². The lowest BCUT2D eigenvalue weighted by Crippen LogP contribution is -2.40. The molecule has 1 aliphatic heterocycles. The summed E-state index contributed by atoms with van der Waals surface area (Å²) in [6.45, 7) is 11.4. The molecule has 3 N–H and O–H groups in total. The number of pyridine rings is 1. The fourth-order valence-corrected chi connectivity index (χ4v) is 7.89. The van der Waals surface area contributed by atoms with Crippen LogP contribution in [0, 0.1) is 19.3 Å². The normalized spacial score (nSPS) is 23.0. The van der Waals surface area contributed by atoms with E-state index in [0.29, 0.717) is 23.8 Å². The molecule has 0 aromatic carbocycles. The molecule has 0 unspecified atom stereocenters. The molecule has 1 saturated carbocycles. The van der Waals surface area contributed by atoms with Crippen molar-refractivity contribution in [1.82, 2.24) is 24.5 Å². The summed E-state index contributed by atoms with van der Waals surface area (Å²) in [4.78, 5) is 24.6. The summed E-state index contributed by atoms with van der Waals surface area (Å²) in [5.74, 6) is 0.810. The van der Waals surface area contributed by atoms with Gasteiger partial charge in [-0.2, -0.15) is 5.10 Å². The zero-order chi connectivity index (χ0) is 23.8. The lowest BCUT2D eigenvalue weighted by Gasteiger charge is -2.45. The first kappa shape index (κ1) is 21.8. The molecule has 178 valence electrons. The van der Waals surface area contributed by atoms with Gasteiger partial charge in [-0.15, -0.1) is 11.3 Å². The number of aryl methyl sites for hydroxylation is 2. The number of amides is 1. The van der Waals surface area contributed by atoms with Crippen molar-refractivity contribution in [1.29, 1.82) is 0 Å². The van der Waals surface area contributed by atoms with Crippen LogP contribution in [0.25, 0.3) is 27.1 Å². The third kappa shape index (κ3) is 3.30. The van der Waals surface area contributed by atoms with Crippen LogP contribution in [-0.2, 0) is 4.79 Å². The van der Waals surface area contributed by atoms with Gasteiger partial charge in [0, 0.05) is 28.6 Å². The number of nitrogens with zero attached hydrogens (tertiary/aromatic N) is 4. The standard InChI is InChI=1S/C26H32N6OS/c1-14(2)20-21-16(4)23(18-8-26(9-18)5-6-31(12-26)11-19(27)33)34-25(21)30-22(20)17-7-15(3)24-28-13-29-32(24)10-17/h7,10,13-14,18,30H,5-6,8-9,11-12H2,1-4H3,(H2,27,33). The first-order valence-corrected chi connectivity index (χ1v) is 13.0. The number of rotatable bonds is 5. The Hall–Kier alpha value is -2.71. The highest BCUT2D eigenvalue weighted by molar-refractivity contribution is 7.19. The molecule has 6 rings (SSSR count). The fraction of sp³-hybridized carbons (Fsp3) is 0.500. The van der Waals surface area contributed by atoms with Gasteiger partial charge < -0.3 is 10.7 Å². The van der Waals surface area contributed by atoms with E-state index in [1.165, 1.54) is 51.2 Å². The topological polar surface area (TPSA) is 92.3 Å². The summed E-state index contributed by atoms with van der Waals surface area (Å²) < 4.78 is 1.87. The zero-order valence-electron chi connectivity index (χ0n) is 20.3. The third-order valence-electron chi connectivity index (χ3n) is 8.01. The van der Waals surface area contributed by atoms with E-state index in [1.807, 2.05) is 15.9 Å². The van der Waals surface area contributed by atoms with Gasteiger partial charge in [-0.1, -0.05) is 13.8 Å². The van der Waals surface area contributed by atoms with Crippen molar-refractivity contribution in [2.45, 2.75) is 58.8 Å². The van der Waals surface area contributed by atoms with E-state index >= 15 is 0 Å². The summed E-state index contributed by atoms with van der Waals surface area (Å²) in [6, 6.07) is 2.22. The monoisotopic (exact) mass is 476 g/mol. The third-order valence-corrected chi connectivity index (χ3v) is 9.38. The lowest BCUT2D eigenvalue weighted by molar-refractivity contribution is -0.119. The van der Waals surface area contributed by atoms with Gasteiger partial charge in [0.2, 0.25) is 5.91 Å². The van der Waals surface area contributed by atoms with Crippen molar-refractivity contribution in [2.24, 2.45) is 11.1 Å². The molecule has 1 spiro atoms. The second-order valence-electron chi connectivity index (χ2n) is 10.8. The molecule has 0 radical (unpaired) electrons. The number of hydrogen-bond donors (Lipinski definition) is 2. The largest absolute Gasteiger partial charge is 0.369 e. The molecule has 1 amide bonds. The van der Waals surface area contributed by atoms with Crippen molar-refractivity contribution in [3.63, 3.8) is 0 Å². The highest BCUT2D eigenvalue weighted by Gasteiger charge is 2.49. The van der Waals surface area contributed by atoms with Gasteiger partial charge in [-0.25, -0.2) is 9.50 Å². The molecule has 1 aliphatic carbocycles. The van der Waals surface area contributed by atoms with Crippen LogP contribution in [0.1, 0.15) is 66.5 Å².